The molecule has 0 aromatic heterocycles. The predicted octanol–water partition coefficient (Wildman–Crippen LogP) is 7.06. The van der Waals surface area contributed by atoms with Crippen molar-refractivity contribution in [2.45, 2.75) is 108 Å². The molecule has 2 saturated heterocycles. The fourth-order valence-corrected chi connectivity index (χ4v) is 15.1. The molecule has 0 aromatic rings. The minimum Gasteiger partial charge on any atom is -0.461 e. The van der Waals surface area contributed by atoms with E-state index >= 15 is 0 Å². The minimum absolute atomic E-state index is 0.0423. The zero-order valence-electron chi connectivity index (χ0n) is 36.5. The summed E-state index contributed by atoms with van der Waals surface area (Å²) in [4.78, 5) is 106. The van der Waals surface area contributed by atoms with Gasteiger partial charge in [0.1, 0.15) is 24.8 Å². The first-order chi connectivity index (χ1) is 27.7. The zero-order chi connectivity index (χ0) is 43.8. The van der Waals surface area contributed by atoms with Crippen LogP contribution in [0.25, 0.3) is 0 Å². The van der Waals surface area contributed by atoms with Crippen molar-refractivity contribution < 1.29 is 47.8 Å². The van der Waals surface area contributed by atoms with Crippen molar-refractivity contribution in [2.75, 3.05) is 13.2 Å². The molecule has 10 aliphatic carbocycles. The Balaban J connectivity index is 0.000000154. The van der Waals surface area contributed by atoms with Crippen molar-refractivity contribution in [3.8, 4) is 0 Å². The van der Waals surface area contributed by atoms with Crippen LogP contribution in [0.3, 0.4) is 0 Å². The molecular weight excluding hydrogens is 761 g/mol. The van der Waals surface area contributed by atoms with Crippen LogP contribution in [0, 0.1) is 66.0 Å². The summed E-state index contributed by atoms with van der Waals surface area (Å²) in [5.41, 5.74) is -5.92. The van der Waals surface area contributed by atoms with Crippen LogP contribution < -0.4 is 0 Å². The van der Waals surface area contributed by atoms with Crippen LogP contribution in [-0.4, -0.2) is 59.9 Å². The molecule has 4 fully saturated rings. The summed E-state index contributed by atoms with van der Waals surface area (Å²) < 4.78 is 11.1. The lowest BCUT2D eigenvalue weighted by molar-refractivity contribution is -0.164. The number of cyclic esters (lactones) is 2. The average molecular weight is 817 g/mol. The molecule has 60 heavy (non-hydrogen) atoms. The summed E-state index contributed by atoms with van der Waals surface area (Å²) in [6, 6.07) is 0. The number of esters is 2. The number of carbonyl (C=O) groups excluding carboxylic acids is 8. The molecule has 2 saturated carbocycles. The molecular formula is C50H56O10. The molecule has 4 spiro atoms. The quantitative estimate of drug-likeness (QED) is 0.232. The molecule has 12 aliphatic rings. The molecule has 0 N–H and O–H groups in total. The summed E-state index contributed by atoms with van der Waals surface area (Å²) in [5, 5.41) is 0. The van der Waals surface area contributed by atoms with E-state index in [1.807, 2.05) is 69.2 Å². The van der Waals surface area contributed by atoms with Crippen LogP contribution in [0.15, 0.2) is 70.9 Å². The zero-order valence-corrected chi connectivity index (χ0v) is 36.5. The van der Waals surface area contributed by atoms with Crippen LogP contribution in [0.4, 0.5) is 0 Å². The predicted molar refractivity (Wildman–Crippen MR) is 218 cm³/mol. The lowest BCUT2D eigenvalue weighted by Crippen LogP contribution is -2.64. The molecule has 10 atom stereocenters. The number of hydrogen-bond acceptors (Lipinski definition) is 10. The van der Waals surface area contributed by atoms with Gasteiger partial charge in [-0.05, 0) is 116 Å². The average Bonchev–Trinajstić information content (AvgIpc) is 3.61. The van der Waals surface area contributed by atoms with Gasteiger partial charge < -0.3 is 9.47 Å². The molecule has 10 nitrogen and oxygen atoms in total. The highest BCUT2D eigenvalue weighted by molar-refractivity contribution is 6.10. The fourth-order valence-electron chi connectivity index (χ4n) is 15.1. The van der Waals surface area contributed by atoms with Gasteiger partial charge in [-0.2, -0.15) is 0 Å². The van der Waals surface area contributed by atoms with E-state index < -0.39 is 66.1 Å². The Bertz CT molecular complexity index is 2250. The van der Waals surface area contributed by atoms with Gasteiger partial charge in [0.05, 0.1) is 10.8 Å². The highest BCUT2D eigenvalue weighted by Crippen LogP contribution is 2.73. The van der Waals surface area contributed by atoms with Gasteiger partial charge in [-0.3, -0.25) is 28.8 Å². The van der Waals surface area contributed by atoms with Crippen LogP contribution in [0.5, 0.6) is 0 Å². The van der Waals surface area contributed by atoms with E-state index in [9.17, 15) is 38.4 Å². The Kier molecular flexibility index (Phi) is 7.92. The highest BCUT2D eigenvalue weighted by Gasteiger charge is 2.76. The lowest BCUT2D eigenvalue weighted by atomic mass is 9.39. The van der Waals surface area contributed by atoms with Gasteiger partial charge in [-0.1, -0.05) is 63.1 Å². The maximum atomic E-state index is 14.5. The second-order valence-electron chi connectivity index (χ2n) is 22.1. The SMILES string of the molecule is CC1=CC(=O)[C@]2(C)C=C3C(=O)OC[C@]13[C@@]1(CC[C@H]3C(C)(C)C(=O)C=C[C@]3(C)C1=O)C2.CC1=CC(=O)[C@]2(C)C=C3C(=O)OC[C@]13[C@@]1(CC[C@H]3C(C)(C)C(=O)C=C[C@]3(C)C1=O)C2. The Hall–Kier alpha value is -4.60. The van der Waals surface area contributed by atoms with Gasteiger partial charge in [0, 0.05) is 54.5 Å². The van der Waals surface area contributed by atoms with Crippen molar-refractivity contribution in [1.82, 2.24) is 0 Å². The Morgan fingerprint density at radius 2 is 0.867 bits per heavy atom. The third-order valence-electron chi connectivity index (χ3n) is 18.5. The van der Waals surface area contributed by atoms with E-state index in [2.05, 4.69) is 0 Å². The third kappa shape index (κ3) is 4.36. The molecule has 0 aromatic carbocycles. The molecule has 2 heterocycles. The van der Waals surface area contributed by atoms with E-state index in [0.717, 1.165) is 11.1 Å². The summed E-state index contributed by atoms with van der Waals surface area (Å²) >= 11 is 0. The fraction of sp³-hybridized carbons (Fsp3) is 0.600. The molecule has 0 radical (unpaired) electrons. The standard InChI is InChI=1S/2C25H28O5/c2*1-14-10-18(27)22(4)11-15-19(28)30-13-25(14,15)24(12-22)9-6-16-21(2,3)17(26)7-8-23(16,5)20(24)29/h2*7-8,10-11,16H,6,9,12-13H2,1-5H3/t2*16-,22+,23-,24-,25-/m00/s1. The number of Topliss-reactive ketones (excluding diaryl/α,β-unsaturated/α-hetero) is 2. The molecule has 10 heteroatoms. The highest BCUT2D eigenvalue weighted by atomic mass is 16.5. The summed E-state index contributed by atoms with van der Waals surface area (Å²) in [7, 11) is 0. The molecule has 0 amide bonds. The Morgan fingerprint density at radius 3 is 1.22 bits per heavy atom. The second-order valence-corrected chi connectivity index (χ2v) is 22.1. The maximum Gasteiger partial charge on any atom is 0.334 e. The minimum atomic E-state index is -0.914. The van der Waals surface area contributed by atoms with Gasteiger partial charge in [0.15, 0.2) is 23.1 Å². The van der Waals surface area contributed by atoms with Gasteiger partial charge in [-0.25, -0.2) is 9.59 Å². The van der Waals surface area contributed by atoms with E-state index in [4.69, 9.17) is 9.47 Å². The van der Waals surface area contributed by atoms with Gasteiger partial charge in [0.2, 0.25) is 0 Å². The molecule has 4 bridgehead atoms. The van der Waals surface area contributed by atoms with Crippen LogP contribution >= 0.6 is 0 Å². The van der Waals surface area contributed by atoms with E-state index in [1.165, 1.54) is 0 Å². The second kappa shape index (κ2) is 11.6. The first-order valence-corrected chi connectivity index (χ1v) is 21.5. The van der Waals surface area contributed by atoms with Gasteiger partial charge in [0.25, 0.3) is 0 Å². The summed E-state index contributed by atoms with van der Waals surface area (Å²) in [5.74, 6) is -0.994. The number of ketones is 6. The molecule has 316 valence electrons. The molecule has 2 aliphatic heterocycles. The normalized spacial score (nSPS) is 46.2. The number of fused-ring (bicyclic) bond motifs is 4. The number of rotatable bonds is 0. The lowest BCUT2D eigenvalue weighted by Gasteiger charge is -2.60. The van der Waals surface area contributed by atoms with Crippen LogP contribution in [-0.2, 0) is 47.8 Å². The third-order valence-corrected chi connectivity index (χ3v) is 18.5. The number of carbonyl (C=O) groups is 8. The van der Waals surface area contributed by atoms with Gasteiger partial charge >= 0.3 is 11.9 Å². The van der Waals surface area contributed by atoms with E-state index in [1.54, 1.807) is 48.6 Å². The smallest absolute Gasteiger partial charge is 0.334 e. The monoisotopic (exact) mass is 816 g/mol. The largest absolute Gasteiger partial charge is 0.461 e. The maximum absolute atomic E-state index is 14.5. The summed E-state index contributed by atoms with van der Waals surface area (Å²) in [6.07, 6.45) is 16.7. The van der Waals surface area contributed by atoms with Crippen molar-refractivity contribution in [1.29, 1.82) is 0 Å². The number of ether oxygens (including phenoxy) is 2. The van der Waals surface area contributed by atoms with Crippen molar-refractivity contribution in [3.05, 3.63) is 70.9 Å². The van der Waals surface area contributed by atoms with Crippen molar-refractivity contribution in [3.63, 3.8) is 0 Å². The van der Waals surface area contributed by atoms with Crippen molar-refractivity contribution in [2.24, 2.45) is 66.0 Å². The van der Waals surface area contributed by atoms with Crippen LogP contribution in [0.1, 0.15) is 108 Å². The Morgan fingerprint density at radius 1 is 0.517 bits per heavy atom. The van der Waals surface area contributed by atoms with Crippen molar-refractivity contribution >= 4 is 46.6 Å². The van der Waals surface area contributed by atoms with Crippen LogP contribution in [0.2, 0.25) is 0 Å². The Labute approximate surface area is 351 Å². The van der Waals surface area contributed by atoms with E-state index in [-0.39, 0.29) is 59.7 Å². The topological polar surface area (TPSA) is 155 Å². The number of hydrogen-bond donors (Lipinski definition) is 0. The molecule has 12 rings (SSSR count). The first kappa shape index (κ1) is 40.8. The first-order valence-electron chi connectivity index (χ1n) is 21.5. The number of allylic oxidation sites excluding steroid dienone is 8. The summed E-state index contributed by atoms with van der Waals surface area (Å²) in [6.45, 7) is 19.2. The van der Waals surface area contributed by atoms with E-state index in [0.29, 0.717) is 49.7 Å². The van der Waals surface area contributed by atoms with Gasteiger partial charge in [-0.15, -0.1) is 0 Å². The molecule has 0 unspecified atom stereocenters.